The van der Waals surface area contributed by atoms with E-state index >= 15 is 0 Å². The summed E-state index contributed by atoms with van der Waals surface area (Å²) in [4.78, 5) is 16.1. The third-order valence-electron chi connectivity index (χ3n) is 2.70. The van der Waals surface area contributed by atoms with E-state index < -0.39 is 0 Å². The Morgan fingerprint density at radius 2 is 2.53 bits per heavy atom. The summed E-state index contributed by atoms with van der Waals surface area (Å²) >= 11 is 0. The summed E-state index contributed by atoms with van der Waals surface area (Å²) in [5.74, 6) is 0.261. The minimum Gasteiger partial charge on any atom is -0.392 e. The lowest BCUT2D eigenvalue weighted by Crippen LogP contribution is -2.35. The highest BCUT2D eigenvalue weighted by Crippen LogP contribution is 2.17. The van der Waals surface area contributed by atoms with Crippen molar-refractivity contribution in [1.82, 2.24) is 10.2 Å². The summed E-state index contributed by atoms with van der Waals surface area (Å²) in [6, 6.07) is 0. The Bertz CT molecular complexity index is 301. The number of hydrogen-bond acceptors (Lipinski definition) is 4. The molecule has 0 radical (unpaired) electrons. The Balaban J connectivity index is 2.21. The van der Waals surface area contributed by atoms with Crippen LogP contribution in [0.5, 0.6) is 0 Å². The second kappa shape index (κ2) is 7.11. The van der Waals surface area contributed by atoms with Gasteiger partial charge in [-0.1, -0.05) is 5.11 Å². The first-order valence-corrected chi connectivity index (χ1v) is 5.81. The number of hydrogen-bond donors (Lipinski definition) is 2. The lowest BCUT2D eigenvalue weighted by Gasteiger charge is -2.17. The number of amides is 1. The van der Waals surface area contributed by atoms with Crippen LogP contribution in [0.1, 0.15) is 13.3 Å². The number of nitrogens with zero attached hydrogens (tertiary/aromatic N) is 4. The molecule has 96 valence electrons. The van der Waals surface area contributed by atoms with Crippen molar-refractivity contribution in [1.29, 1.82) is 0 Å². The van der Waals surface area contributed by atoms with Crippen LogP contribution < -0.4 is 5.32 Å². The fraction of sp³-hybridized carbons (Fsp3) is 0.900. The van der Waals surface area contributed by atoms with Crippen LogP contribution in [-0.2, 0) is 4.79 Å². The molecule has 2 unspecified atom stereocenters. The summed E-state index contributed by atoms with van der Waals surface area (Å²) in [5.41, 5.74) is 8.21. The molecule has 2 N–H and O–H groups in total. The standard InChI is InChI=1S/C10H19N5O2/c1-8(16)5-12-2-3-15-7-9(4-10(15)17)6-13-14-11/h8-9,12,16H,2-7H2,1H3. The zero-order chi connectivity index (χ0) is 12.7. The molecule has 1 heterocycles. The molecule has 1 aliphatic heterocycles. The fourth-order valence-corrected chi connectivity index (χ4v) is 1.87. The highest BCUT2D eigenvalue weighted by Gasteiger charge is 2.28. The first-order valence-electron chi connectivity index (χ1n) is 5.81. The molecule has 1 aliphatic rings. The monoisotopic (exact) mass is 241 g/mol. The maximum absolute atomic E-state index is 11.6. The number of aliphatic hydroxyl groups excluding tert-OH is 1. The Kier molecular flexibility index (Phi) is 5.76. The predicted octanol–water partition coefficient (Wildman–Crippen LogP) is 0.116. The molecule has 17 heavy (non-hydrogen) atoms. The van der Waals surface area contributed by atoms with Gasteiger partial charge in [-0.2, -0.15) is 0 Å². The van der Waals surface area contributed by atoms with Crippen LogP contribution in [0.4, 0.5) is 0 Å². The van der Waals surface area contributed by atoms with Crippen molar-refractivity contribution in [3.8, 4) is 0 Å². The van der Waals surface area contributed by atoms with Gasteiger partial charge in [0.25, 0.3) is 0 Å². The lowest BCUT2D eigenvalue weighted by molar-refractivity contribution is -0.127. The largest absolute Gasteiger partial charge is 0.392 e. The van der Waals surface area contributed by atoms with Crippen LogP contribution in [0.2, 0.25) is 0 Å². The lowest BCUT2D eigenvalue weighted by atomic mass is 10.1. The quantitative estimate of drug-likeness (QED) is 0.286. The van der Waals surface area contributed by atoms with Crippen molar-refractivity contribution < 1.29 is 9.90 Å². The van der Waals surface area contributed by atoms with Crippen LogP contribution in [0, 0.1) is 5.92 Å². The third-order valence-corrected chi connectivity index (χ3v) is 2.70. The maximum atomic E-state index is 11.6. The molecule has 2 atom stereocenters. The van der Waals surface area contributed by atoms with Gasteiger partial charge in [0.15, 0.2) is 0 Å². The van der Waals surface area contributed by atoms with Crippen LogP contribution in [0.25, 0.3) is 10.4 Å². The average Bonchev–Trinajstić information content (AvgIpc) is 2.62. The van der Waals surface area contributed by atoms with E-state index in [9.17, 15) is 4.79 Å². The van der Waals surface area contributed by atoms with Crippen molar-refractivity contribution in [2.24, 2.45) is 11.0 Å². The second-order valence-corrected chi connectivity index (χ2v) is 4.38. The molecular formula is C10H19N5O2. The maximum Gasteiger partial charge on any atom is 0.222 e. The summed E-state index contributed by atoms with van der Waals surface area (Å²) in [6.45, 7) is 4.60. The van der Waals surface area contributed by atoms with Crippen molar-refractivity contribution in [3.63, 3.8) is 0 Å². The molecule has 0 aliphatic carbocycles. The molecule has 0 saturated carbocycles. The molecule has 1 rings (SSSR count). The van der Waals surface area contributed by atoms with E-state index in [0.29, 0.717) is 39.1 Å². The van der Waals surface area contributed by atoms with Gasteiger partial charge in [-0.25, -0.2) is 0 Å². The topological polar surface area (TPSA) is 101 Å². The van der Waals surface area contributed by atoms with E-state index in [-0.39, 0.29) is 17.9 Å². The Morgan fingerprint density at radius 3 is 3.18 bits per heavy atom. The van der Waals surface area contributed by atoms with E-state index in [1.54, 1.807) is 11.8 Å². The molecule has 7 heteroatoms. The minimum absolute atomic E-state index is 0.113. The van der Waals surface area contributed by atoms with Gasteiger partial charge in [-0.15, -0.1) is 0 Å². The normalized spacial score (nSPS) is 21.4. The van der Waals surface area contributed by atoms with Gasteiger partial charge in [0, 0.05) is 44.1 Å². The molecule has 0 bridgehead atoms. The molecule has 1 fully saturated rings. The number of likely N-dealkylation sites (tertiary alicyclic amines) is 1. The third kappa shape index (κ3) is 5.04. The molecule has 1 amide bonds. The van der Waals surface area contributed by atoms with Crippen LogP contribution in [0.3, 0.4) is 0 Å². The highest BCUT2D eigenvalue weighted by atomic mass is 16.3. The van der Waals surface area contributed by atoms with E-state index in [0.717, 1.165) is 0 Å². The van der Waals surface area contributed by atoms with Crippen molar-refractivity contribution in [3.05, 3.63) is 10.4 Å². The zero-order valence-electron chi connectivity index (χ0n) is 10.0. The van der Waals surface area contributed by atoms with Gasteiger partial charge in [-0.3, -0.25) is 4.79 Å². The van der Waals surface area contributed by atoms with Crippen LogP contribution in [0.15, 0.2) is 5.11 Å². The first kappa shape index (κ1) is 13.8. The second-order valence-electron chi connectivity index (χ2n) is 4.38. The number of nitrogens with one attached hydrogen (secondary N) is 1. The van der Waals surface area contributed by atoms with Gasteiger partial charge >= 0.3 is 0 Å². The summed E-state index contributed by atoms with van der Waals surface area (Å²) in [6.07, 6.45) is 0.0945. The number of rotatable bonds is 7. The SMILES string of the molecule is CC(O)CNCCN1CC(CN=[N+]=[N-])CC1=O. The highest BCUT2D eigenvalue weighted by molar-refractivity contribution is 5.78. The molecular weight excluding hydrogens is 222 g/mol. The summed E-state index contributed by atoms with van der Waals surface area (Å²) in [7, 11) is 0. The van der Waals surface area contributed by atoms with Crippen LogP contribution in [-0.4, -0.2) is 54.7 Å². The van der Waals surface area contributed by atoms with E-state index in [2.05, 4.69) is 15.3 Å². The van der Waals surface area contributed by atoms with E-state index in [1.807, 2.05) is 0 Å². The Morgan fingerprint density at radius 1 is 1.76 bits per heavy atom. The molecule has 7 nitrogen and oxygen atoms in total. The van der Waals surface area contributed by atoms with E-state index in [1.165, 1.54) is 0 Å². The van der Waals surface area contributed by atoms with Crippen LogP contribution >= 0.6 is 0 Å². The van der Waals surface area contributed by atoms with Gasteiger partial charge in [0.2, 0.25) is 5.91 Å². The molecule has 0 spiro atoms. The molecule has 0 aromatic heterocycles. The van der Waals surface area contributed by atoms with Crippen molar-refractivity contribution in [2.75, 3.05) is 32.7 Å². The number of azide groups is 1. The van der Waals surface area contributed by atoms with Crippen molar-refractivity contribution in [2.45, 2.75) is 19.4 Å². The van der Waals surface area contributed by atoms with Gasteiger partial charge in [0.05, 0.1) is 6.10 Å². The molecule has 1 saturated heterocycles. The molecule has 0 aromatic rings. The average molecular weight is 241 g/mol. The number of aliphatic hydroxyl groups is 1. The first-order chi connectivity index (χ1) is 8.13. The number of carbonyl (C=O) groups is 1. The summed E-state index contributed by atoms with van der Waals surface area (Å²) < 4.78 is 0. The Hall–Kier alpha value is -1.30. The predicted molar refractivity (Wildman–Crippen MR) is 63.3 cm³/mol. The summed E-state index contributed by atoms with van der Waals surface area (Å²) in [5, 5.41) is 15.6. The van der Waals surface area contributed by atoms with Gasteiger partial charge in [-0.05, 0) is 18.4 Å². The molecule has 0 aromatic carbocycles. The smallest absolute Gasteiger partial charge is 0.222 e. The van der Waals surface area contributed by atoms with Gasteiger partial charge in [0.1, 0.15) is 0 Å². The van der Waals surface area contributed by atoms with Gasteiger partial charge < -0.3 is 15.3 Å². The fourth-order valence-electron chi connectivity index (χ4n) is 1.87. The number of carbonyl (C=O) groups excluding carboxylic acids is 1. The van der Waals surface area contributed by atoms with E-state index in [4.69, 9.17) is 10.6 Å². The zero-order valence-corrected chi connectivity index (χ0v) is 10.0. The minimum atomic E-state index is -0.373. The Labute approximate surface area is 100 Å². The van der Waals surface area contributed by atoms with Crippen molar-refractivity contribution >= 4 is 5.91 Å².